The average molecular weight is 292 g/mol. The smallest absolute Gasteiger partial charge is 0.144 e. The van der Waals surface area contributed by atoms with Crippen LogP contribution in [0.25, 0.3) is 0 Å². The summed E-state index contributed by atoms with van der Waals surface area (Å²) in [6, 6.07) is 8.25. The molecule has 0 saturated heterocycles. The highest BCUT2D eigenvalue weighted by molar-refractivity contribution is 5.85. The van der Waals surface area contributed by atoms with Crippen LogP contribution in [0.15, 0.2) is 29.4 Å². The van der Waals surface area contributed by atoms with E-state index in [4.69, 9.17) is 15.7 Å². The normalized spacial score (nSPS) is 12.7. The van der Waals surface area contributed by atoms with E-state index in [-0.39, 0.29) is 11.3 Å². The van der Waals surface area contributed by atoms with Crippen LogP contribution >= 0.6 is 0 Å². The summed E-state index contributed by atoms with van der Waals surface area (Å²) in [5, 5.41) is 11.8. The van der Waals surface area contributed by atoms with Crippen molar-refractivity contribution in [2.24, 2.45) is 16.3 Å². The molecule has 1 rings (SSSR count). The molecule has 0 aromatic heterocycles. The molecule has 0 saturated carbocycles. The first-order valence-electron chi connectivity index (χ1n) is 7.57. The van der Waals surface area contributed by atoms with E-state index in [9.17, 15) is 0 Å². The van der Waals surface area contributed by atoms with Crippen molar-refractivity contribution in [3.63, 3.8) is 0 Å². The van der Waals surface area contributed by atoms with Gasteiger partial charge in [0.2, 0.25) is 0 Å². The van der Waals surface area contributed by atoms with Gasteiger partial charge < -0.3 is 15.7 Å². The van der Waals surface area contributed by atoms with Gasteiger partial charge in [0.25, 0.3) is 0 Å². The van der Waals surface area contributed by atoms with Crippen molar-refractivity contribution >= 4 is 5.84 Å². The van der Waals surface area contributed by atoms with Gasteiger partial charge in [-0.15, -0.1) is 0 Å². The summed E-state index contributed by atoms with van der Waals surface area (Å²) >= 11 is 0. The summed E-state index contributed by atoms with van der Waals surface area (Å²) in [7, 11) is 0. The zero-order chi connectivity index (χ0) is 15.9. The minimum atomic E-state index is -0.272. The molecule has 0 unspecified atom stereocenters. The second kappa shape index (κ2) is 7.91. The SMILES string of the molecule is CC(C)c1cccc(OCCCCC(C)(C)/C(N)=N/O)c1. The van der Waals surface area contributed by atoms with Crippen LogP contribution in [0.4, 0.5) is 0 Å². The van der Waals surface area contributed by atoms with Crippen LogP contribution in [-0.2, 0) is 0 Å². The maximum Gasteiger partial charge on any atom is 0.144 e. The molecule has 3 N–H and O–H groups in total. The number of nitrogens with zero attached hydrogens (tertiary/aromatic N) is 1. The molecular formula is C17H28N2O2. The lowest BCUT2D eigenvalue weighted by molar-refractivity contribution is 0.288. The Labute approximate surface area is 128 Å². The molecule has 0 aliphatic rings. The molecule has 21 heavy (non-hydrogen) atoms. The number of hydrogen-bond donors (Lipinski definition) is 2. The van der Waals surface area contributed by atoms with Gasteiger partial charge >= 0.3 is 0 Å². The fraction of sp³-hybridized carbons (Fsp3) is 0.588. The number of amidine groups is 1. The molecule has 1 aromatic carbocycles. The number of hydrogen-bond acceptors (Lipinski definition) is 3. The lowest BCUT2D eigenvalue weighted by Gasteiger charge is -2.22. The third-order valence-electron chi connectivity index (χ3n) is 3.79. The quantitative estimate of drug-likeness (QED) is 0.249. The van der Waals surface area contributed by atoms with E-state index in [2.05, 4.69) is 31.1 Å². The molecule has 1 aromatic rings. The third kappa shape index (κ3) is 5.66. The molecule has 0 bridgehead atoms. The summed E-state index contributed by atoms with van der Waals surface area (Å²) < 4.78 is 5.79. The Bertz CT molecular complexity index is 468. The van der Waals surface area contributed by atoms with Gasteiger partial charge in [0.05, 0.1) is 6.61 Å². The van der Waals surface area contributed by atoms with Gasteiger partial charge in [0.1, 0.15) is 11.6 Å². The fourth-order valence-electron chi connectivity index (χ4n) is 2.09. The number of oxime groups is 1. The molecule has 0 amide bonds. The topological polar surface area (TPSA) is 67.8 Å². The van der Waals surface area contributed by atoms with E-state index < -0.39 is 0 Å². The molecule has 0 atom stereocenters. The number of ether oxygens (including phenoxy) is 1. The van der Waals surface area contributed by atoms with Gasteiger partial charge in [0.15, 0.2) is 0 Å². The van der Waals surface area contributed by atoms with E-state index in [0.29, 0.717) is 12.5 Å². The van der Waals surface area contributed by atoms with E-state index >= 15 is 0 Å². The van der Waals surface area contributed by atoms with Crippen LogP contribution in [0.3, 0.4) is 0 Å². The van der Waals surface area contributed by atoms with Gasteiger partial charge in [-0.2, -0.15) is 0 Å². The summed E-state index contributed by atoms with van der Waals surface area (Å²) in [4.78, 5) is 0. The first-order chi connectivity index (χ1) is 9.86. The molecule has 0 aliphatic heterocycles. The lowest BCUT2D eigenvalue weighted by atomic mass is 9.86. The van der Waals surface area contributed by atoms with Crippen molar-refractivity contribution in [3.8, 4) is 5.75 Å². The van der Waals surface area contributed by atoms with Crippen molar-refractivity contribution in [2.75, 3.05) is 6.61 Å². The summed E-state index contributed by atoms with van der Waals surface area (Å²) in [6.45, 7) is 9.00. The minimum absolute atomic E-state index is 0.272. The van der Waals surface area contributed by atoms with Gasteiger partial charge in [-0.25, -0.2) is 0 Å². The average Bonchev–Trinajstić information content (AvgIpc) is 2.46. The van der Waals surface area contributed by atoms with Crippen molar-refractivity contribution in [2.45, 2.75) is 52.9 Å². The largest absolute Gasteiger partial charge is 0.494 e. The Balaban J connectivity index is 2.33. The Hall–Kier alpha value is -1.71. The molecule has 0 fully saturated rings. The van der Waals surface area contributed by atoms with Gasteiger partial charge in [-0.3, -0.25) is 0 Å². The number of unbranched alkanes of at least 4 members (excludes halogenated alkanes) is 1. The van der Waals surface area contributed by atoms with E-state index in [1.807, 2.05) is 26.0 Å². The van der Waals surface area contributed by atoms with Crippen molar-refractivity contribution < 1.29 is 9.94 Å². The molecule has 0 heterocycles. The van der Waals surface area contributed by atoms with Gasteiger partial charge in [-0.05, 0) is 42.9 Å². The predicted molar refractivity (Wildman–Crippen MR) is 87.1 cm³/mol. The van der Waals surface area contributed by atoms with E-state index in [0.717, 1.165) is 25.0 Å². The van der Waals surface area contributed by atoms with Crippen molar-refractivity contribution in [1.29, 1.82) is 0 Å². The third-order valence-corrected chi connectivity index (χ3v) is 3.79. The highest BCUT2D eigenvalue weighted by Gasteiger charge is 2.22. The fourth-order valence-corrected chi connectivity index (χ4v) is 2.09. The standard InChI is InChI=1S/C17H28N2O2/c1-13(2)14-8-7-9-15(12-14)21-11-6-5-10-17(3,4)16(18)19-20/h7-9,12-13,20H,5-6,10-11H2,1-4H3,(H2,18,19). The molecule has 4 nitrogen and oxygen atoms in total. The maximum absolute atomic E-state index is 8.73. The molecule has 118 valence electrons. The van der Waals surface area contributed by atoms with Crippen LogP contribution < -0.4 is 10.5 Å². The maximum atomic E-state index is 8.73. The summed E-state index contributed by atoms with van der Waals surface area (Å²) in [6.07, 6.45) is 2.80. The zero-order valence-electron chi connectivity index (χ0n) is 13.6. The zero-order valence-corrected chi connectivity index (χ0v) is 13.6. The molecule has 4 heteroatoms. The van der Waals surface area contributed by atoms with Crippen molar-refractivity contribution in [1.82, 2.24) is 0 Å². The second-order valence-corrected chi connectivity index (χ2v) is 6.40. The van der Waals surface area contributed by atoms with Crippen LogP contribution in [0.2, 0.25) is 0 Å². The Kier molecular flexibility index (Phi) is 6.53. The monoisotopic (exact) mass is 292 g/mol. The minimum Gasteiger partial charge on any atom is -0.494 e. The second-order valence-electron chi connectivity index (χ2n) is 6.40. The lowest BCUT2D eigenvalue weighted by Crippen LogP contribution is -2.31. The van der Waals surface area contributed by atoms with Gasteiger partial charge in [0, 0.05) is 5.41 Å². The van der Waals surface area contributed by atoms with Crippen LogP contribution in [-0.4, -0.2) is 17.6 Å². The number of benzene rings is 1. The van der Waals surface area contributed by atoms with Crippen LogP contribution in [0, 0.1) is 5.41 Å². The first-order valence-corrected chi connectivity index (χ1v) is 7.57. The molecule has 0 spiro atoms. The van der Waals surface area contributed by atoms with Gasteiger partial charge in [-0.1, -0.05) is 45.0 Å². The molecule has 0 radical (unpaired) electrons. The predicted octanol–water partition coefficient (Wildman–Crippen LogP) is 4.13. The molecule has 0 aliphatic carbocycles. The van der Waals surface area contributed by atoms with Crippen molar-refractivity contribution in [3.05, 3.63) is 29.8 Å². The number of rotatable bonds is 8. The van der Waals surface area contributed by atoms with Crippen LogP contribution in [0.5, 0.6) is 5.75 Å². The highest BCUT2D eigenvalue weighted by atomic mass is 16.5. The van der Waals surface area contributed by atoms with Crippen LogP contribution in [0.1, 0.15) is 58.4 Å². The van der Waals surface area contributed by atoms with E-state index in [1.54, 1.807) is 0 Å². The Morgan fingerprint density at radius 1 is 1.33 bits per heavy atom. The Morgan fingerprint density at radius 2 is 2.05 bits per heavy atom. The summed E-state index contributed by atoms with van der Waals surface area (Å²) in [5.74, 6) is 1.72. The highest BCUT2D eigenvalue weighted by Crippen LogP contribution is 2.24. The van der Waals surface area contributed by atoms with E-state index in [1.165, 1.54) is 5.56 Å². The number of nitrogens with two attached hydrogens (primary N) is 1. The molecular weight excluding hydrogens is 264 g/mol. The summed E-state index contributed by atoms with van der Waals surface area (Å²) in [5.41, 5.74) is 6.69. The Morgan fingerprint density at radius 3 is 2.67 bits per heavy atom. The first kappa shape index (κ1) is 17.3.